The number of H-pyrrole nitrogens is 1. The number of hydrogen-bond acceptors (Lipinski definition) is 4. The van der Waals surface area contributed by atoms with Crippen molar-refractivity contribution >= 4 is 32.3 Å². The maximum Gasteiger partial charge on any atom is 0.248 e. The lowest BCUT2D eigenvalue weighted by Gasteiger charge is -2.21. The van der Waals surface area contributed by atoms with Crippen molar-refractivity contribution in [2.75, 3.05) is 6.54 Å². The predicted molar refractivity (Wildman–Crippen MR) is 101 cm³/mol. The standard InChI is InChI=1S/C18H20N2O3S2/c1-2-3-10-20(13-15-5-4-11-24-15)25(22,23)16-7-8-17-14(12-16)6-9-18(21)19-17/h4-9,11-12H,2-3,10,13H2,1H3,(H,19,21). The number of thiophene rings is 1. The van der Waals surface area contributed by atoms with Crippen molar-refractivity contribution < 1.29 is 8.42 Å². The second kappa shape index (κ2) is 7.51. The molecule has 5 nitrogen and oxygen atoms in total. The van der Waals surface area contributed by atoms with Crippen molar-refractivity contribution in [3.63, 3.8) is 0 Å². The Morgan fingerprint density at radius 1 is 1.16 bits per heavy atom. The van der Waals surface area contributed by atoms with Crippen LogP contribution in [0.5, 0.6) is 0 Å². The summed E-state index contributed by atoms with van der Waals surface area (Å²) in [6, 6.07) is 11.7. The molecule has 1 N–H and O–H groups in total. The minimum atomic E-state index is -3.60. The van der Waals surface area contributed by atoms with Gasteiger partial charge in [-0.25, -0.2) is 8.42 Å². The number of aromatic nitrogens is 1. The molecule has 0 aliphatic carbocycles. The lowest BCUT2D eigenvalue weighted by Crippen LogP contribution is -2.31. The van der Waals surface area contributed by atoms with Gasteiger partial charge in [-0.05, 0) is 47.5 Å². The summed E-state index contributed by atoms with van der Waals surface area (Å²) in [6.45, 7) is 2.91. The van der Waals surface area contributed by atoms with E-state index >= 15 is 0 Å². The summed E-state index contributed by atoms with van der Waals surface area (Å²) >= 11 is 1.55. The zero-order valence-corrected chi connectivity index (χ0v) is 15.6. The van der Waals surface area contributed by atoms with Crippen LogP contribution < -0.4 is 5.56 Å². The fourth-order valence-electron chi connectivity index (χ4n) is 2.64. The van der Waals surface area contributed by atoms with Gasteiger partial charge in [0.1, 0.15) is 0 Å². The van der Waals surface area contributed by atoms with Gasteiger partial charge >= 0.3 is 0 Å². The quantitative estimate of drug-likeness (QED) is 0.685. The van der Waals surface area contributed by atoms with Gasteiger partial charge in [0.05, 0.1) is 4.90 Å². The highest BCUT2D eigenvalue weighted by Gasteiger charge is 2.24. The third-order valence-electron chi connectivity index (χ3n) is 4.01. The number of hydrogen-bond donors (Lipinski definition) is 1. The first-order chi connectivity index (χ1) is 12.0. The maximum atomic E-state index is 13.1. The maximum absolute atomic E-state index is 13.1. The zero-order chi connectivity index (χ0) is 17.9. The van der Waals surface area contributed by atoms with Crippen molar-refractivity contribution in [3.05, 3.63) is 63.1 Å². The van der Waals surface area contributed by atoms with Crippen molar-refractivity contribution in [2.45, 2.75) is 31.2 Å². The first-order valence-corrected chi connectivity index (χ1v) is 10.5. The van der Waals surface area contributed by atoms with E-state index < -0.39 is 10.0 Å². The van der Waals surface area contributed by atoms with E-state index in [1.165, 1.54) is 10.4 Å². The number of fused-ring (bicyclic) bond motifs is 1. The zero-order valence-electron chi connectivity index (χ0n) is 13.9. The lowest BCUT2D eigenvalue weighted by molar-refractivity contribution is 0.401. The molecule has 0 aliphatic heterocycles. The largest absolute Gasteiger partial charge is 0.322 e. The van der Waals surface area contributed by atoms with Crippen LogP contribution in [-0.2, 0) is 16.6 Å². The third kappa shape index (κ3) is 4.00. The van der Waals surface area contributed by atoms with Gasteiger partial charge in [-0.2, -0.15) is 4.31 Å². The fraction of sp³-hybridized carbons (Fsp3) is 0.278. The average molecular weight is 377 g/mol. The molecule has 0 saturated heterocycles. The van der Waals surface area contributed by atoms with Gasteiger partial charge in [-0.15, -0.1) is 11.3 Å². The van der Waals surface area contributed by atoms with Gasteiger partial charge < -0.3 is 4.98 Å². The van der Waals surface area contributed by atoms with E-state index in [9.17, 15) is 13.2 Å². The number of aromatic amines is 1. The molecule has 2 heterocycles. The molecule has 0 radical (unpaired) electrons. The molecule has 0 fully saturated rings. The highest BCUT2D eigenvalue weighted by Crippen LogP contribution is 2.23. The van der Waals surface area contributed by atoms with Crippen LogP contribution in [0.15, 0.2) is 57.5 Å². The highest BCUT2D eigenvalue weighted by molar-refractivity contribution is 7.89. The lowest BCUT2D eigenvalue weighted by atomic mass is 10.2. The van der Waals surface area contributed by atoms with E-state index in [4.69, 9.17) is 0 Å². The molecular formula is C18H20N2O3S2. The summed E-state index contributed by atoms with van der Waals surface area (Å²) in [5, 5.41) is 2.65. The van der Waals surface area contributed by atoms with Crippen molar-refractivity contribution in [1.82, 2.24) is 9.29 Å². The SMILES string of the molecule is CCCCN(Cc1cccs1)S(=O)(=O)c1ccc2[nH]c(=O)ccc2c1. The molecule has 0 saturated carbocycles. The molecule has 2 aromatic heterocycles. The smallest absolute Gasteiger partial charge is 0.248 e. The van der Waals surface area contributed by atoms with E-state index in [0.29, 0.717) is 24.0 Å². The summed E-state index contributed by atoms with van der Waals surface area (Å²) in [5.74, 6) is 0. The molecule has 3 rings (SSSR count). The molecule has 132 valence electrons. The van der Waals surface area contributed by atoms with Gasteiger partial charge in [-0.1, -0.05) is 19.4 Å². The Kier molecular flexibility index (Phi) is 5.36. The van der Waals surface area contributed by atoms with Crippen molar-refractivity contribution in [3.8, 4) is 0 Å². The van der Waals surface area contributed by atoms with E-state index in [-0.39, 0.29) is 10.5 Å². The van der Waals surface area contributed by atoms with E-state index in [1.807, 2.05) is 24.4 Å². The average Bonchev–Trinajstić information content (AvgIpc) is 3.11. The molecule has 0 amide bonds. The molecular weight excluding hydrogens is 356 g/mol. The Hall–Kier alpha value is -1.96. The molecule has 0 atom stereocenters. The Bertz CT molecular complexity index is 1010. The van der Waals surface area contributed by atoms with Crippen molar-refractivity contribution in [1.29, 1.82) is 0 Å². The molecule has 25 heavy (non-hydrogen) atoms. The molecule has 3 aromatic rings. The minimum absolute atomic E-state index is 0.203. The molecule has 1 aromatic carbocycles. The van der Waals surface area contributed by atoms with Crippen LogP contribution in [-0.4, -0.2) is 24.3 Å². The second-order valence-corrected chi connectivity index (χ2v) is 8.81. The predicted octanol–water partition coefficient (Wildman–Crippen LogP) is 3.58. The monoisotopic (exact) mass is 376 g/mol. The van der Waals surface area contributed by atoms with Crippen LogP contribution in [0.25, 0.3) is 10.9 Å². The summed E-state index contributed by atoms with van der Waals surface area (Å²) in [5.41, 5.74) is 0.426. The third-order valence-corrected chi connectivity index (χ3v) is 6.71. The van der Waals surface area contributed by atoms with Crippen LogP contribution in [0.1, 0.15) is 24.6 Å². The Balaban J connectivity index is 1.98. The number of unbranched alkanes of at least 4 members (excludes halogenated alkanes) is 1. The van der Waals surface area contributed by atoms with Crippen molar-refractivity contribution in [2.24, 2.45) is 0 Å². The van der Waals surface area contributed by atoms with Gasteiger partial charge in [-0.3, -0.25) is 4.79 Å². The first kappa shape index (κ1) is 17.8. The van der Waals surface area contributed by atoms with E-state index in [2.05, 4.69) is 4.98 Å². The van der Waals surface area contributed by atoms with E-state index in [1.54, 1.807) is 35.6 Å². The molecule has 0 bridgehead atoms. The van der Waals surface area contributed by atoms with Crippen LogP contribution >= 0.6 is 11.3 Å². The number of pyridine rings is 1. The first-order valence-electron chi connectivity index (χ1n) is 8.16. The molecule has 0 aliphatic rings. The van der Waals surface area contributed by atoms with Crippen LogP contribution in [0.3, 0.4) is 0 Å². The number of rotatable bonds is 7. The number of benzene rings is 1. The van der Waals surface area contributed by atoms with Crippen LogP contribution in [0.2, 0.25) is 0 Å². The Morgan fingerprint density at radius 3 is 2.72 bits per heavy atom. The van der Waals surface area contributed by atoms with Gasteiger partial charge in [0, 0.05) is 29.5 Å². The Labute approximate surface area is 151 Å². The summed E-state index contributed by atoms with van der Waals surface area (Å²) < 4.78 is 27.8. The second-order valence-electron chi connectivity index (χ2n) is 5.84. The van der Waals surface area contributed by atoms with Gasteiger partial charge in [0.15, 0.2) is 0 Å². The van der Waals surface area contributed by atoms with Crippen LogP contribution in [0.4, 0.5) is 0 Å². The summed E-state index contributed by atoms with van der Waals surface area (Å²) in [7, 11) is -3.60. The van der Waals surface area contributed by atoms with Crippen LogP contribution in [0, 0.1) is 0 Å². The Morgan fingerprint density at radius 2 is 2.00 bits per heavy atom. The summed E-state index contributed by atoms with van der Waals surface area (Å²) in [4.78, 5) is 15.4. The highest BCUT2D eigenvalue weighted by atomic mass is 32.2. The number of sulfonamides is 1. The van der Waals surface area contributed by atoms with Gasteiger partial charge in [0.25, 0.3) is 0 Å². The fourth-order valence-corrected chi connectivity index (χ4v) is 4.93. The number of nitrogens with zero attached hydrogens (tertiary/aromatic N) is 1. The normalized spacial score (nSPS) is 12.1. The molecule has 7 heteroatoms. The van der Waals surface area contributed by atoms with E-state index in [0.717, 1.165) is 17.7 Å². The topological polar surface area (TPSA) is 70.2 Å². The molecule has 0 unspecified atom stereocenters. The molecule has 0 spiro atoms. The number of nitrogens with one attached hydrogen (secondary N) is 1. The summed E-state index contributed by atoms with van der Waals surface area (Å²) in [6.07, 6.45) is 1.74. The van der Waals surface area contributed by atoms with Gasteiger partial charge in [0.2, 0.25) is 15.6 Å². The minimum Gasteiger partial charge on any atom is -0.322 e.